The van der Waals surface area contributed by atoms with Gasteiger partial charge in [-0.2, -0.15) is 0 Å². The Labute approximate surface area is 129 Å². The minimum absolute atomic E-state index is 0.00400. The third-order valence-electron chi connectivity index (χ3n) is 2.98. The quantitative estimate of drug-likeness (QED) is 0.887. The van der Waals surface area contributed by atoms with E-state index in [-0.39, 0.29) is 23.3 Å². The molecule has 1 atom stereocenters. The molecule has 1 heterocycles. The second kappa shape index (κ2) is 6.10. The van der Waals surface area contributed by atoms with E-state index in [2.05, 4.69) is 4.72 Å². The Morgan fingerprint density at radius 2 is 2.19 bits per heavy atom. The molecule has 21 heavy (non-hydrogen) atoms. The maximum atomic E-state index is 12.3. The average molecular weight is 336 g/mol. The van der Waals surface area contributed by atoms with Crippen molar-refractivity contribution in [2.75, 3.05) is 20.3 Å². The first-order valence-electron chi connectivity index (χ1n) is 6.38. The first-order valence-corrected chi connectivity index (χ1v) is 8.24. The van der Waals surface area contributed by atoms with Gasteiger partial charge in [-0.15, -0.1) is 0 Å². The molecule has 1 saturated heterocycles. The van der Waals surface area contributed by atoms with Crippen LogP contribution in [0.2, 0.25) is 5.02 Å². The molecular formula is C13H18ClNO5S. The summed E-state index contributed by atoms with van der Waals surface area (Å²) in [4.78, 5) is -0.00400. The van der Waals surface area contributed by atoms with Crippen molar-refractivity contribution in [3.05, 3.63) is 23.2 Å². The number of sulfonamides is 1. The molecule has 0 bridgehead atoms. The van der Waals surface area contributed by atoms with Gasteiger partial charge in [0.25, 0.3) is 0 Å². The molecule has 1 fully saturated rings. The van der Waals surface area contributed by atoms with Gasteiger partial charge >= 0.3 is 0 Å². The van der Waals surface area contributed by atoms with E-state index >= 15 is 0 Å². The summed E-state index contributed by atoms with van der Waals surface area (Å²) >= 11 is 5.85. The number of hydrogen-bond donors (Lipinski definition) is 1. The highest BCUT2D eigenvalue weighted by molar-refractivity contribution is 7.89. The van der Waals surface area contributed by atoms with E-state index in [0.717, 1.165) is 0 Å². The lowest BCUT2D eigenvalue weighted by atomic mass is 10.3. The number of ether oxygens (including phenoxy) is 3. The van der Waals surface area contributed by atoms with Gasteiger partial charge in [-0.3, -0.25) is 0 Å². The lowest BCUT2D eigenvalue weighted by Gasteiger charge is -2.17. The Hall–Kier alpha value is -0.860. The van der Waals surface area contributed by atoms with Crippen LogP contribution >= 0.6 is 11.6 Å². The molecule has 2 rings (SSSR count). The largest absolute Gasteiger partial charge is 0.495 e. The number of rotatable bonds is 5. The average Bonchev–Trinajstić information content (AvgIpc) is 2.76. The van der Waals surface area contributed by atoms with Crippen LogP contribution in [0, 0.1) is 0 Å². The van der Waals surface area contributed by atoms with E-state index in [1.165, 1.54) is 19.2 Å². The van der Waals surface area contributed by atoms with Gasteiger partial charge in [-0.25, -0.2) is 13.1 Å². The molecule has 1 aromatic carbocycles. The second-order valence-electron chi connectivity index (χ2n) is 5.10. The summed E-state index contributed by atoms with van der Waals surface area (Å²) in [6.45, 7) is 4.01. The standard InChI is InChI=1S/C13H18ClNO5S/c1-13(2)19-8-10(20-13)7-15-21(16,17)12-6-9(14)4-5-11(12)18-3/h4-6,10,15H,7-8H2,1-3H3. The smallest absolute Gasteiger partial charge is 0.244 e. The lowest BCUT2D eigenvalue weighted by Crippen LogP contribution is -2.34. The third-order valence-corrected chi connectivity index (χ3v) is 4.66. The number of halogens is 1. The van der Waals surface area contributed by atoms with Crippen LogP contribution < -0.4 is 9.46 Å². The summed E-state index contributed by atoms with van der Waals surface area (Å²) in [5.74, 6) is -0.458. The summed E-state index contributed by atoms with van der Waals surface area (Å²) in [5, 5.41) is 0.317. The van der Waals surface area contributed by atoms with Crippen molar-refractivity contribution in [1.82, 2.24) is 4.72 Å². The predicted molar refractivity (Wildman–Crippen MR) is 78.1 cm³/mol. The highest BCUT2D eigenvalue weighted by Gasteiger charge is 2.33. The van der Waals surface area contributed by atoms with Crippen LogP contribution in [0.3, 0.4) is 0 Å². The van der Waals surface area contributed by atoms with Gasteiger partial charge in [0.1, 0.15) is 10.6 Å². The van der Waals surface area contributed by atoms with E-state index in [4.69, 9.17) is 25.8 Å². The normalized spacial score (nSPS) is 21.4. The number of benzene rings is 1. The maximum Gasteiger partial charge on any atom is 0.244 e. The van der Waals surface area contributed by atoms with Crippen LogP contribution in [0.5, 0.6) is 5.75 Å². The summed E-state index contributed by atoms with van der Waals surface area (Å²) in [7, 11) is -2.34. The number of methoxy groups -OCH3 is 1. The van der Waals surface area contributed by atoms with Gasteiger partial charge in [0.15, 0.2) is 5.79 Å². The fourth-order valence-corrected chi connectivity index (χ4v) is 3.50. The van der Waals surface area contributed by atoms with E-state index in [0.29, 0.717) is 11.6 Å². The zero-order valence-electron chi connectivity index (χ0n) is 12.1. The Morgan fingerprint density at radius 3 is 2.76 bits per heavy atom. The molecule has 0 amide bonds. The maximum absolute atomic E-state index is 12.3. The van der Waals surface area contributed by atoms with Crippen LogP contribution in [-0.2, 0) is 19.5 Å². The lowest BCUT2D eigenvalue weighted by molar-refractivity contribution is -0.137. The van der Waals surface area contributed by atoms with Gasteiger partial charge in [0, 0.05) is 11.6 Å². The van der Waals surface area contributed by atoms with Crippen LogP contribution in [0.1, 0.15) is 13.8 Å². The molecule has 1 N–H and O–H groups in total. The molecule has 0 aliphatic carbocycles. The second-order valence-corrected chi connectivity index (χ2v) is 7.27. The highest BCUT2D eigenvalue weighted by Crippen LogP contribution is 2.27. The molecule has 6 nitrogen and oxygen atoms in total. The zero-order chi connectivity index (χ0) is 15.7. The van der Waals surface area contributed by atoms with Gasteiger partial charge in [-0.05, 0) is 32.0 Å². The molecule has 8 heteroatoms. The van der Waals surface area contributed by atoms with Crippen molar-refractivity contribution < 1.29 is 22.6 Å². The third kappa shape index (κ3) is 4.08. The first-order chi connectivity index (χ1) is 9.73. The predicted octanol–water partition coefficient (Wildman–Crippen LogP) is 1.78. The van der Waals surface area contributed by atoms with Crippen molar-refractivity contribution >= 4 is 21.6 Å². The molecule has 118 valence electrons. The molecular weight excluding hydrogens is 318 g/mol. The molecule has 1 unspecified atom stereocenters. The van der Waals surface area contributed by atoms with Gasteiger partial charge in [-0.1, -0.05) is 11.6 Å². The van der Waals surface area contributed by atoms with Gasteiger partial charge in [0.05, 0.1) is 19.8 Å². The van der Waals surface area contributed by atoms with E-state index in [1.807, 2.05) is 0 Å². The van der Waals surface area contributed by atoms with E-state index < -0.39 is 15.8 Å². The molecule has 1 aromatic rings. The first kappa shape index (κ1) is 16.5. The van der Waals surface area contributed by atoms with Crippen LogP contribution in [0.25, 0.3) is 0 Å². The number of hydrogen-bond acceptors (Lipinski definition) is 5. The van der Waals surface area contributed by atoms with E-state index in [1.54, 1.807) is 19.9 Å². The molecule has 0 aromatic heterocycles. The summed E-state index contributed by atoms with van der Waals surface area (Å²) in [5.41, 5.74) is 0. The van der Waals surface area contributed by atoms with Gasteiger partial charge in [0.2, 0.25) is 10.0 Å². The topological polar surface area (TPSA) is 73.9 Å². The molecule has 1 aliphatic heterocycles. The fourth-order valence-electron chi connectivity index (χ4n) is 2.00. The highest BCUT2D eigenvalue weighted by atomic mass is 35.5. The Balaban J connectivity index is 2.11. The molecule has 1 aliphatic rings. The summed E-state index contributed by atoms with van der Waals surface area (Å²) in [6.07, 6.45) is -0.333. The van der Waals surface area contributed by atoms with Crippen molar-refractivity contribution in [2.45, 2.75) is 30.6 Å². The number of nitrogens with one attached hydrogen (secondary N) is 1. The Bertz CT molecular complexity index is 617. The summed E-state index contributed by atoms with van der Waals surface area (Å²) in [6, 6.07) is 4.42. The minimum atomic E-state index is -3.75. The Morgan fingerprint density at radius 1 is 1.48 bits per heavy atom. The van der Waals surface area contributed by atoms with Crippen molar-refractivity contribution in [3.63, 3.8) is 0 Å². The van der Waals surface area contributed by atoms with Crippen molar-refractivity contribution in [2.24, 2.45) is 0 Å². The van der Waals surface area contributed by atoms with Crippen LogP contribution in [0.4, 0.5) is 0 Å². The zero-order valence-corrected chi connectivity index (χ0v) is 13.6. The van der Waals surface area contributed by atoms with Crippen LogP contribution in [0.15, 0.2) is 23.1 Å². The van der Waals surface area contributed by atoms with Crippen molar-refractivity contribution in [1.29, 1.82) is 0 Å². The SMILES string of the molecule is COc1ccc(Cl)cc1S(=O)(=O)NCC1COC(C)(C)O1. The molecule has 0 saturated carbocycles. The minimum Gasteiger partial charge on any atom is -0.495 e. The van der Waals surface area contributed by atoms with Crippen LogP contribution in [-0.4, -0.2) is 40.6 Å². The molecule has 0 radical (unpaired) electrons. The summed E-state index contributed by atoms with van der Waals surface area (Å²) < 4.78 is 43.2. The Kier molecular flexibility index (Phi) is 4.79. The monoisotopic (exact) mass is 335 g/mol. The van der Waals surface area contributed by atoms with Crippen molar-refractivity contribution in [3.8, 4) is 5.75 Å². The van der Waals surface area contributed by atoms with E-state index in [9.17, 15) is 8.42 Å². The fraction of sp³-hybridized carbons (Fsp3) is 0.538. The van der Waals surface area contributed by atoms with Gasteiger partial charge < -0.3 is 14.2 Å². The molecule has 0 spiro atoms.